The van der Waals surface area contributed by atoms with E-state index in [0.717, 1.165) is 37.0 Å². The number of methoxy groups -OCH3 is 1. The van der Waals surface area contributed by atoms with Gasteiger partial charge in [0.2, 0.25) is 0 Å². The second kappa shape index (κ2) is 7.82. The van der Waals surface area contributed by atoms with Crippen LogP contribution >= 0.6 is 0 Å². The Balaban J connectivity index is 1.83. The van der Waals surface area contributed by atoms with E-state index in [1.165, 1.54) is 0 Å². The molecule has 0 aliphatic heterocycles. The number of benzene rings is 1. The summed E-state index contributed by atoms with van der Waals surface area (Å²) in [7, 11) is 1.59. The van der Waals surface area contributed by atoms with E-state index in [9.17, 15) is 14.7 Å². The second-order valence-electron chi connectivity index (χ2n) is 5.70. The lowest BCUT2D eigenvalue weighted by Gasteiger charge is -2.18. The van der Waals surface area contributed by atoms with E-state index in [0.29, 0.717) is 0 Å². The first kappa shape index (κ1) is 16.3. The van der Waals surface area contributed by atoms with E-state index >= 15 is 0 Å². The van der Waals surface area contributed by atoms with Gasteiger partial charge in [0.15, 0.2) is 0 Å². The lowest BCUT2D eigenvalue weighted by molar-refractivity contribution is -0.154. The number of carbonyl (C=O) groups is 2. The smallest absolute Gasteiger partial charge is 0.307 e. The summed E-state index contributed by atoms with van der Waals surface area (Å²) in [6.45, 7) is 0.153. The molecule has 0 bridgehead atoms. The van der Waals surface area contributed by atoms with Crippen molar-refractivity contribution in [3.8, 4) is 5.75 Å². The van der Waals surface area contributed by atoms with E-state index in [1.54, 1.807) is 19.2 Å². The summed E-state index contributed by atoms with van der Waals surface area (Å²) in [5, 5.41) is 9.30. The number of carbonyl (C=O) groups excluding carboxylic acids is 1. The van der Waals surface area contributed by atoms with Crippen molar-refractivity contribution < 1.29 is 24.2 Å². The monoisotopic (exact) mass is 306 g/mol. The number of ether oxygens (including phenoxy) is 2. The molecule has 0 radical (unpaired) electrons. The molecule has 0 saturated heterocycles. The standard InChI is InChI=1S/C17H22O5/c1-21-14-8-6-12(7-9-14)11-22-16(18)10-15(17(19)20)13-4-2-3-5-13/h6-9,13,15H,2-5,10-11H2,1H3,(H,19,20). The van der Waals surface area contributed by atoms with Gasteiger partial charge in [-0.15, -0.1) is 0 Å². The maximum atomic E-state index is 11.9. The van der Waals surface area contributed by atoms with Crippen LogP contribution in [0.25, 0.3) is 0 Å². The topological polar surface area (TPSA) is 72.8 Å². The van der Waals surface area contributed by atoms with Crippen molar-refractivity contribution in [2.75, 3.05) is 7.11 Å². The molecule has 0 heterocycles. The molecule has 120 valence electrons. The molecule has 1 aromatic rings. The van der Waals surface area contributed by atoms with Crippen molar-refractivity contribution in [1.82, 2.24) is 0 Å². The van der Waals surface area contributed by atoms with Crippen LogP contribution in [0.4, 0.5) is 0 Å². The van der Waals surface area contributed by atoms with Gasteiger partial charge in [0.1, 0.15) is 12.4 Å². The van der Waals surface area contributed by atoms with Gasteiger partial charge in [-0.2, -0.15) is 0 Å². The maximum absolute atomic E-state index is 11.9. The van der Waals surface area contributed by atoms with E-state index in [4.69, 9.17) is 9.47 Å². The molecule has 0 spiro atoms. The van der Waals surface area contributed by atoms with Crippen LogP contribution in [0.1, 0.15) is 37.7 Å². The van der Waals surface area contributed by atoms with Crippen molar-refractivity contribution in [3.05, 3.63) is 29.8 Å². The molecule has 1 saturated carbocycles. The Kier molecular flexibility index (Phi) is 5.81. The van der Waals surface area contributed by atoms with Crippen molar-refractivity contribution in [3.63, 3.8) is 0 Å². The fourth-order valence-electron chi connectivity index (χ4n) is 2.94. The van der Waals surface area contributed by atoms with Crippen LogP contribution in [0.5, 0.6) is 5.75 Å². The van der Waals surface area contributed by atoms with Gasteiger partial charge in [0.05, 0.1) is 19.4 Å². The van der Waals surface area contributed by atoms with E-state index < -0.39 is 17.9 Å². The fraction of sp³-hybridized carbons (Fsp3) is 0.529. The Bertz CT molecular complexity index is 502. The van der Waals surface area contributed by atoms with Crippen LogP contribution in [-0.2, 0) is 20.9 Å². The average molecular weight is 306 g/mol. The summed E-state index contributed by atoms with van der Waals surface area (Å²) in [5.41, 5.74) is 0.849. The molecule has 1 N–H and O–H groups in total. The number of hydrogen-bond donors (Lipinski definition) is 1. The molecule has 1 aromatic carbocycles. The van der Waals surface area contributed by atoms with Gasteiger partial charge in [-0.3, -0.25) is 9.59 Å². The largest absolute Gasteiger partial charge is 0.497 e. The zero-order valence-corrected chi connectivity index (χ0v) is 12.8. The first-order chi connectivity index (χ1) is 10.6. The number of esters is 1. The number of hydrogen-bond acceptors (Lipinski definition) is 4. The number of aliphatic carboxylic acids is 1. The molecule has 1 aliphatic rings. The molecule has 2 rings (SSSR count). The van der Waals surface area contributed by atoms with Crippen LogP contribution in [0, 0.1) is 11.8 Å². The number of carboxylic acids is 1. The molecule has 1 atom stereocenters. The van der Waals surface area contributed by atoms with E-state index in [1.807, 2.05) is 12.1 Å². The van der Waals surface area contributed by atoms with Crippen molar-refractivity contribution in [2.24, 2.45) is 11.8 Å². The Morgan fingerprint density at radius 2 is 1.86 bits per heavy atom. The summed E-state index contributed by atoms with van der Waals surface area (Å²) < 4.78 is 10.3. The minimum absolute atomic E-state index is 0.0455. The fourth-order valence-corrected chi connectivity index (χ4v) is 2.94. The molecule has 0 amide bonds. The van der Waals surface area contributed by atoms with Gasteiger partial charge in [0.25, 0.3) is 0 Å². The quantitative estimate of drug-likeness (QED) is 0.784. The van der Waals surface area contributed by atoms with E-state index in [-0.39, 0.29) is 18.9 Å². The lowest BCUT2D eigenvalue weighted by Crippen LogP contribution is -2.25. The average Bonchev–Trinajstić information content (AvgIpc) is 3.04. The van der Waals surface area contributed by atoms with Crippen molar-refractivity contribution in [1.29, 1.82) is 0 Å². The first-order valence-electron chi connectivity index (χ1n) is 7.61. The minimum Gasteiger partial charge on any atom is -0.497 e. The summed E-state index contributed by atoms with van der Waals surface area (Å²) in [5.74, 6) is -1.12. The third-order valence-corrected chi connectivity index (χ3v) is 4.23. The molecule has 5 nitrogen and oxygen atoms in total. The normalized spacial score (nSPS) is 16.2. The lowest BCUT2D eigenvalue weighted by atomic mass is 9.88. The SMILES string of the molecule is COc1ccc(COC(=O)CC(C(=O)O)C2CCCC2)cc1. The molecule has 22 heavy (non-hydrogen) atoms. The number of rotatable bonds is 7. The van der Waals surface area contributed by atoms with Crippen LogP contribution in [-0.4, -0.2) is 24.2 Å². The minimum atomic E-state index is -0.895. The Hall–Kier alpha value is -2.04. The third-order valence-electron chi connectivity index (χ3n) is 4.23. The zero-order chi connectivity index (χ0) is 15.9. The van der Waals surface area contributed by atoms with Gasteiger partial charge < -0.3 is 14.6 Å². The van der Waals surface area contributed by atoms with Crippen LogP contribution in [0.3, 0.4) is 0 Å². The predicted octanol–water partition coefficient (Wildman–Crippen LogP) is 3.02. The summed E-state index contributed by atoms with van der Waals surface area (Å²) >= 11 is 0. The van der Waals surface area contributed by atoms with Crippen molar-refractivity contribution >= 4 is 11.9 Å². The number of carboxylic acid groups (broad SMARTS) is 1. The molecule has 5 heteroatoms. The van der Waals surface area contributed by atoms with Crippen LogP contribution in [0.2, 0.25) is 0 Å². The highest BCUT2D eigenvalue weighted by Gasteiger charge is 2.32. The third kappa shape index (κ3) is 4.48. The highest BCUT2D eigenvalue weighted by Crippen LogP contribution is 2.33. The maximum Gasteiger partial charge on any atom is 0.307 e. The van der Waals surface area contributed by atoms with Crippen molar-refractivity contribution in [2.45, 2.75) is 38.7 Å². The van der Waals surface area contributed by atoms with Gasteiger partial charge in [0, 0.05) is 0 Å². The Morgan fingerprint density at radius 3 is 2.41 bits per heavy atom. The molecule has 1 aliphatic carbocycles. The second-order valence-corrected chi connectivity index (χ2v) is 5.70. The summed E-state index contributed by atoms with van der Waals surface area (Å²) in [4.78, 5) is 23.2. The van der Waals surface area contributed by atoms with E-state index in [2.05, 4.69) is 0 Å². The highest BCUT2D eigenvalue weighted by atomic mass is 16.5. The highest BCUT2D eigenvalue weighted by molar-refractivity contribution is 5.79. The summed E-state index contributed by atoms with van der Waals surface area (Å²) in [6, 6.07) is 7.22. The molecular weight excluding hydrogens is 284 g/mol. The van der Waals surface area contributed by atoms with Gasteiger partial charge in [-0.25, -0.2) is 0 Å². The molecule has 0 aromatic heterocycles. The Labute approximate surface area is 130 Å². The van der Waals surface area contributed by atoms with Crippen LogP contribution in [0.15, 0.2) is 24.3 Å². The van der Waals surface area contributed by atoms with Gasteiger partial charge >= 0.3 is 11.9 Å². The Morgan fingerprint density at radius 1 is 1.23 bits per heavy atom. The van der Waals surface area contributed by atoms with Crippen LogP contribution < -0.4 is 4.74 Å². The molecule has 1 fully saturated rings. The zero-order valence-electron chi connectivity index (χ0n) is 12.8. The molecule has 1 unspecified atom stereocenters. The molecular formula is C17H22O5. The first-order valence-corrected chi connectivity index (χ1v) is 7.61. The van der Waals surface area contributed by atoms with Gasteiger partial charge in [-0.1, -0.05) is 25.0 Å². The predicted molar refractivity (Wildman–Crippen MR) is 80.5 cm³/mol. The summed E-state index contributed by atoms with van der Waals surface area (Å²) in [6.07, 6.45) is 3.84. The van der Waals surface area contributed by atoms with Gasteiger partial charge in [-0.05, 0) is 36.5 Å².